The molecule has 116 valence electrons. The lowest BCUT2D eigenvalue weighted by atomic mass is 10.1. The number of benzene rings is 1. The number of hydrogen-bond donors (Lipinski definition) is 0. The van der Waals surface area contributed by atoms with E-state index in [1.165, 1.54) is 6.42 Å². The fourth-order valence-corrected chi connectivity index (χ4v) is 2.74. The fraction of sp³-hybridized carbons (Fsp3) is 0.438. The van der Waals surface area contributed by atoms with E-state index in [4.69, 9.17) is 4.74 Å². The number of hydrogen-bond acceptors (Lipinski definition) is 4. The van der Waals surface area contributed by atoms with Crippen molar-refractivity contribution in [2.24, 2.45) is 0 Å². The van der Waals surface area contributed by atoms with Crippen molar-refractivity contribution in [1.82, 2.24) is 19.9 Å². The third kappa shape index (κ3) is 3.17. The Morgan fingerprint density at radius 3 is 3.00 bits per heavy atom. The largest absolute Gasteiger partial charge is 0.376 e. The molecule has 1 aliphatic rings. The Morgan fingerprint density at radius 2 is 2.27 bits per heavy atom. The highest BCUT2D eigenvalue weighted by atomic mass is 16.5. The maximum absolute atomic E-state index is 12.7. The minimum atomic E-state index is -0.0275. The summed E-state index contributed by atoms with van der Waals surface area (Å²) in [5.74, 6) is -0.0275. The predicted octanol–water partition coefficient (Wildman–Crippen LogP) is 1.91. The first-order valence-electron chi connectivity index (χ1n) is 7.58. The minimum absolute atomic E-state index is 0.0275. The van der Waals surface area contributed by atoms with Crippen LogP contribution in [-0.2, 0) is 4.74 Å². The van der Waals surface area contributed by atoms with Gasteiger partial charge in [0.25, 0.3) is 5.91 Å². The molecular weight excluding hydrogens is 280 g/mol. The molecule has 6 nitrogen and oxygen atoms in total. The second-order valence-corrected chi connectivity index (χ2v) is 5.54. The highest BCUT2D eigenvalue weighted by molar-refractivity contribution is 5.97. The van der Waals surface area contributed by atoms with Crippen LogP contribution >= 0.6 is 0 Å². The molecule has 6 heteroatoms. The Morgan fingerprint density at radius 1 is 1.41 bits per heavy atom. The van der Waals surface area contributed by atoms with Gasteiger partial charge in [0.1, 0.15) is 0 Å². The number of carbonyl (C=O) groups is 1. The van der Waals surface area contributed by atoms with Crippen molar-refractivity contribution >= 4 is 5.91 Å². The van der Waals surface area contributed by atoms with Crippen molar-refractivity contribution in [1.29, 1.82) is 0 Å². The molecule has 2 heterocycles. The molecule has 22 heavy (non-hydrogen) atoms. The van der Waals surface area contributed by atoms with Crippen molar-refractivity contribution in [3.05, 3.63) is 42.2 Å². The Kier molecular flexibility index (Phi) is 4.48. The number of likely N-dealkylation sites (N-methyl/N-ethyl adjacent to an activating group) is 1. The summed E-state index contributed by atoms with van der Waals surface area (Å²) >= 11 is 0. The van der Waals surface area contributed by atoms with Gasteiger partial charge in [-0.15, -0.1) is 5.10 Å². The Balaban J connectivity index is 1.77. The molecule has 0 aliphatic carbocycles. The summed E-state index contributed by atoms with van der Waals surface area (Å²) < 4.78 is 7.32. The highest BCUT2D eigenvalue weighted by Gasteiger charge is 2.21. The van der Waals surface area contributed by atoms with Gasteiger partial charge < -0.3 is 9.64 Å². The topological polar surface area (TPSA) is 60.2 Å². The van der Waals surface area contributed by atoms with Crippen molar-refractivity contribution in [3.8, 4) is 5.69 Å². The van der Waals surface area contributed by atoms with E-state index < -0.39 is 0 Å². The lowest BCUT2D eigenvalue weighted by molar-refractivity contribution is -0.000190. The number of amides is 1. The predicted molar refractivity (Wildman–Crippen MR) is 81.9 cm³/mol. The van der Waals surface area contributed by atoms with E-state index in [9.17, 15) is 4.79 Å². The van der Waals surface area contributed by atoms with Crippen LogP contribution in [0.2, 0.25) is 0 Å². The molecule has 1 aromatic carbocycles. The van der Waals surface area contributed by atoms with Gasteiger partial charge in [-0.2, -0.15) is 0 Å². The SMILES string of the molecule is CN(C[C@H]1CCCCO1)C(=O)c1ccccc1-n1ccnn1. The van der Waals surface area contributed by atoms with E-state index in [-0.39, 0.29) is 12.0 Å². The maximum Gasteiger partial charge on any atom is 0.255 e. The zero-order valence-corrected chi connectivity index (χ0v) is 12.7. The summed E-state index contributed by atoms with van der Waals surface area (Å²) in [4.78, 5) is 14.5. The molecule has 0 bridgehead atoms. The molecule has 0 radical (unpaired) electrons. The van der Waals surface area contributed by atoms with Crippen molar-refractivity contribution < 1.29 is 9.53 Å². The lowest BCUT2D eigenvalue weighted by Gasteiger charge is -2.27. The maximum atomic E-state index is 12.7. The fourth-order valence-electron chi connectivity index (χ4n) is 2.74. The van der Waals surface area contributed by atoms with E-state index in [0.717, 1.165) is 25.1 Å². The van der Waals surface area contributed by atoms with E-state index in [1.807, 2.05) is 31.3 Å². The number of nitrogens with zero attached hydrogens (tertiary/aromatic N) is 4. The minimum Gasteiger partial charge on any atom is -0.376 e. The van der Waals surface area contributed by atoms with Crippen LogP contribution in [0.15, 0.2) is 36.7 Å². The normalized spacial score (nSPS) is 18.1. The van der Waals surface area contributed by atoms with Gasteiger partial charge in [-0.05, 0) is 31.4 Å². The van der Waals surface area contributed by atoms with Crippen molar-refractivity contribution in [2.75, 3.05) is 20.2 Å². The van der Waals surface area contributed by atoms with Crippen LogP contribution in [0.5, 0.6) is 0 Å². The second kappa shape index (κ2) is 6.70. The van der Waals surface area contributed by atoms with Crippen molar-refractivity contribution in [3.63, 3.8) is 0 Å². The van der Waals surface area contributed by atoms with Gasteiger partial charge in [0, 0.05) is 20.2 Å². The highest BCUT2D eigenvalue weighted by Crippen LogP contribution is 2.17. The summed E-state index contributed by atoms with van der Waals surface area (Å²) in [5, 5.41) is 7.78. The number of rotatable bonds is 4. The summed E-state index contributed by atoms with van der Waals surface area (Å²) in [5.41, 5.74) is 1.35. The number of para-hydroxylation sites is 1. The molecule has 1 fully saturated rings. The van der Waals surface area contributed by atoms with Gasteiger partial charge in [0.15, 0.2) is 0 Å². The molecule has 0 N–H and O–H groups in total. The molecule has 1 amide bonds. The standard InChI is InChI=1S/C16H20N4O2/c1-19(12-13-6-4-5-11-22-13)16(21)14-7-2-3-8-15(14)20-10-9-17-18-20/h2-3,7-10,13H,4-6,11-12H2,1H3/t13-/m1/s1. The summed E-state index contributed by atoms with van der Waals surface area (Å²) in [6.07, 6.45) is 6.77. The van der Waals surface area contributed by atoms with E-state index in [0.29, 0.717) is 12.1 Å². The molecule has 0 unspecified atom stereocenters. The first-order valence-corrected chi connectivity index (χ1v) is 7.58. The van der Waals surface area contributed by atoms with Crippen molar-refractivity contribution in [2.45, 2.75) is 25.4 Å². The average Bonchev–Trinajstić information content (AvgIpc) is 3.09. The molecule has 1 aliphatic heterocycles. The van der Waals surface area contributed by atoms with Gasteiger partial charge in [0.05, 0.1) is 29.7 Å². The number of carbonyl (C=O) groups excluding carboxylic acids is 1. The van der Waals surface area contributed by atoms with Crippen LogP contribution in [0.4, 0.5) is 0 Å². The van der Waals surface area contributed by atoms with Crippen LogP contribution in [0, 0.1) is 0 Å². The van der Waals surface area contributed by atoms with E-state index in [1.54, 1.807) is 22.0 Å². The van der Waals surface area contributed by atoms with Crippen LogP contribution in [0.1, 0.15) is 29.6 Å². The van der Waals surface area contributed by atoms with Crippen LogP contribution in [0.3, 0.4) is 0 Å². The lowest BCUT2D eigenvalue weighted by Crippen LogP contribution is -2.37. The van der Waals surface area contributed by atoms with Crippen LogP contribution < -0.4 is 0 Å². The van der Waals surface area contributed by atoms with Gasteiger partial charge in [-0.1, -0.05) is 17.3 Å². The van der Waals surface area contributed by atoms with Gasteiger partial charge in [0.2, 0.25) is 0 Å². The zero-order chi connectivity index (χ0) is 15.4. The average molecular weight is 300 g/mol. The molecule has 1 aromatic heterocycles. The van der Waals surface area contributed by atoms with Gasteiger partial charge in [-0.25, -0.2) is 4.68 Å². The quantitative estimate of drug-likeness (QED) is 0.865. The number of aromatic nitrogens is 3. The Hall–Kier alpha value is -2.21. The summed E-state index contributed by atoms with van der Waals surface area (Å²) in [6.45, 7) is 1.41. The first kappa shape index (κ1) is 14.7. The third-order valence-electron chi connectivity index (χ3n) is 3.90. The Bertz CT molecular complexity index is 621. The summed E-state index contributed by atoms with van der Waals surface area (Å²) in [6, 6.07) is 7.43. The van der Waals surface area contributed by atoms with Crippen LogP contribution in [0.25, 0.3) is 5.69 Å². The molecule has 0 spiro atoms. The molecule has 2 aromatic rings. The molecule has 1 atom stereocenters. The number of ether oxygens (including phenoxy) is 1. The molecule has 3 rings (SSSR count). The monoisotopic (exact) mass is 300 g/mol. The second-order valence-electron chi connectivity index (χ2n) is 5.54. The zero-order valence-electron chi connectivity index (χ0n) is 12.7. The third-order valence-corrected chi connectivity index (χ3v) is 3.90. The molecule has 0 saturated carbocycles. The first-order chi connectivity index (χ1) is 10.8. The van der Waals surface area contributed by atoms with Gasteiger partial charge >= 0.3 is 0 Å². The van der Waals surface area contributed by atoms with E-state index in [2.05, 4.69) is 10.3 Å². The molecule has 1 saturated heterocycles. The van der Waals surface area contributed by atoms with E-state index >= 15 is 0 Å². The smallest absolute Gasteiger partial charge is 0.255 e. The molecular formula is C16H20N4O2. The Labute approximate surface area is 129 Å². The van der Waals surface area contributed by atoms with Crippen LogP contribution in [-0.4, -0.2) is 52.1 Å². The van der Waals surface area contributed by atoms with Gasteiger partial charge in [-0.3, -0.25) is 4.79 Å². The summed E-state index contributed by atoms with van der Waals surface area (Å²) in [7, 11) is 1.82.